The van der Waals surface area contributed by atoms with Gasteiger partial charge >= 0.3 is 29.5 Å². The maximum absolute atomic E-state index is 11.9. The Hall–Kier alpha value is -0.740. The Labute approximate surface area is 162 Å². The van der Waals surface area contributed by atoms with Crippen LogP contribution in [0.4, 0.5) is 4.79 Å². The highest BCUT2D eigenvalue weighted by molar-refractivity contribution is 7.66. The van der Waals surface area contributed by atoms with E-state index in [2.05, 4.69) is 18.5 Å². The van der Waals surface area contributed by atoms with Crippen molar-refractivity contribution < 1.29 is 66.2 Å². The molecule has 17 nitrogen and oxygen atoms in total. The summed E-state index contributed by atoms with van der Waals surface area (Å²) in [7, 11) is -16.7. The van der Waals surface area contributed by atoms with Gasteiger partial charge in [-0.05, 0) is 6.08 Å². The second kappa shape index (κ2) is 8.78. The van der Waals surface area contributed by atoms with Crippen LogP contribution < -0.4 is 11.1 Å². The Morgan fingerprint density at radius 2 is 1.72 bits per heavy atom. The maximum Gasteiger partial charge on any atom is 0.490 e. The normalized spacial score (nSPS) is 34.5. The standard InChI is InChI=1S/C9H18N3O14P3/c10-5-1-2-12(9(15)11-5)8-7(14)6(13)4(24-8)3-23-28(19,20)26-29(21,22)25-27(16,17)18/h1-2,4-8,13-14H,3,10H2,(H,11,15)(H,19,20)(H,21,22)(H2,16,17,18). The number of carbonyl (C=O) groups excluding carboxylic acids is 1. The van der Waals surface area contributed by atoms with Crippen LogP contribution in [0.3, 0.4) is 0 Å². The molecular weight excluding hydrogens is 467 g/mol. The smallest absolute Gasteiger partial charge is 0.387 e. The number of nitrogens with two attached hydrogens (primary N) is 1. The van der Waals surface area contributed by atoms with E-state index < -0.39 is 66.8 Å². The van der Waals surface area contributed by atoms with Crippen LogP contribution in [0.2, 0.25) is 0 Å². The molecule has 0 aliphatic carbocycles. The highest BCUT2D eigenvalue weighted by atomic mass is 31.3. The number of hydrogen-bond donors (Lipinski definition) is 8. The number of carbonyl (C=O) groups is 1. The summed E-state index contributed by atoms with van der Waals surface area (Å²) >= 11 is 0. The van der Waals surface area contributed by atoms with Gasteiger partial charge in [-0.25, -0.2) is 18.5 Å². The molecule has 0 aromatic carbocycles. The molecular formula is C9H18N3O14P3. The van der Waals surface area contributed by atoms with Gasteiger partial charge in [0.1, 0.15) is 18.3 Å². The first kappa shape index (κ1) is 24.5. The monoisotopic (exact) mass is 485 g/mol. The molecule has 2 aliphatic heterocycles. The Balaban J connectivity index is 1.99. The van der Waals surface area contributed by atoms with Crippen molar-refractivity contribution >= 4 is 29.5 Å². The van der Waals surface area contributed by atoms with E-state index in [1.807, 2.05) is 0 Å². The van der Waals surface area contributed by atoms with Gasteiger partial charge in [0, 0.05) is 6.20 Å². The number of amides is 2. The summed E-state index contributed by atoms with van der Waals surface area (Å²) in [4.78, 5) is 48.1. The fraction of sp³-hybridized carbons (Fsp3) is 0.667. The van der Waals surface area contributed by atoms with Crippen LogP contribution in [0.15, 0.2) is 12.3 Å². The SMILES string of the molecule is NC1C=CN(C2OC(COP(=O)(O)OP(=O)(O)OP(=O)(O)O)C(O)C2O)C(=O)N1. The number of ether oxygens (including phenoxy) is 1. The molecule has 7 atom stereocenters. The number of phosphoric ester groups is 1. The molecule has 168 valence electrons. The van der Waals surface area contributed by atoms with Crippen molar-refractivity contribution in [3.05, 3.63) is 12.3 Å². The highest BCUT2D eigenvalue weighted by Gasteiger charge is 2.48. The number of nitrogens with one attached hydrogen (secondary N) is 1. The predicted molar refractivity (Wildman–Crippen MR) is 88.0 cm³/mol. The summed E-state index contributed by atoms with van der Waals surface area (Å²) in [5.74, 6) is 0. The van der Waals surface area contributed by atoms with Crippen molar-refractivity contribution in [3.63, 3.8) is 0 Å². The molecule has 0 radical (unpaired) electrons. The quantitative estimate of drug-likeness (QED) is 0.167. The summed E-state index contributed by atoms with van der Waals surface area (Å²) in [6, 6.07) is -0.773. The second-order valence-electron chi connectivity index (χ2n) is 5.66. The molecule has 2 heterocycles. The first-order valence-electron chi connectivity index (χ1n) is 7.43. The number of hydrogen-bond acceptors (Lipinski definition) is 11. The second-order valence-corrected chi connectivity index (χ2v) is 10.1. The first-order chi connectivity index (χ1) is 13.1. The molecule has 7 unspecified atom stereocenters. The van der Waals surface area contributed by atoms with Crippen LogP contribution in [-0.2, 0) is 31.6 Å². The minimum atomic E-state index is -5.71. The zero-order chi connectivity index (χ0) is 22.2. The van der Waals surface area contributed by atoms with E-state index in [9.17, 15) is 33.6 Å². The lowest BCUT2D eigenvalue weighted by atomic mass is 10.1. The van der Waals surface area contributed by atoms with Crippen molar-refractivity contribution in [2.75, 3.05) is 6.61 Å². The minimum Gasteiger partial charge on any atom is -0.387 e. The molecule has 0 aromatic rings. The average molecular weight is 485 g/mol. The van der Waals surface area contributed by atoms with Gasteiger partial charge in [-0.15, -0.1) is 0 Å². The third kappa shape index (κ3) is 6.89. The van der Waals surface area contributed by atoms with Gasteiger partial charge in [0.2, 0.25) is 0 Å². The molecule has 0 aromatic heterocycles. The molecule has 0 spiro atoms. The van der Waals surface area contributed by atoms with Crippen molar-refractivity contribution in [1.29, 1.82) is 0 Å². The Bertz CT molecular complexity index is 800. The number of aliphatic hydroxyl groups excluding tert-OH is 2. The molecule has 1 saturated heterocycles. The zero-order valence-electron chi connectivity index (χ0n) is 14.1. The predicted octanol–water partition coefficient (Wildman–Crippen LogP) is -2.40. The maximum atomic E-state index is 11.9. The van der Waals surface area contributed by atoms with E-state index >= 15 is 0 Å². The molecule has 2 amide bonds. The fourth-order valence-electron chi connectivity index (χ4n) is 2.29. The largest absolute Gasteiger partial charge is 0.490 e. The van der Waals surface area contributed by atoms with Crippen molar-refractivity contribution in [3.8, 4) is 0 Å². The van der Waals surface area contributed by atoms with Crippen LogP contribution in [0.1, 0.15) is 0 Å². The van der Waals surface area contributed by atoms with Crippen LogP contribution >= 0.6 is 23.5 Å². The Kier molecular flexibility index (Phi) is 7.43. The van der Waals surface area contributed by atoms with Crippen LogP contribution in [-0.4, -0.2) is 78.0 Å². The van der Waals surface area contributed by atoms with Crippen molar-refractivity contribution in [2.45, 2.75) is 30.7 Å². The lowest BCUT2D eigenvalue weighted by molar-refractivity contribution is -0.0654. The highest BCUT2D eigenvalue weighted by Crippen LogP contribution is 2.66. The van der Waals surface area contributed by atoms with Crippen LogP contribution in [0.25, 0.3) is 0 Å². The number of nitrogens with zero attached hydrogens (tertiary/aromatic N) is 1. The summed E-state index contributed by atoms with van der Waals surface area (Å²) in [6.45, 7) is -1.00. The number of rotatable bonds is 8. The van der Waals surface area contributed by atoms with Gasteiger partial charge in [-0.1, -0.05) is 0 Å². The minimum absolute atomic E-state index is 0.773. The van der Waals surface area contributed by atoms with Crippen molar-refractivity contribution in [2.24, 2.45) is 5.73 Å². The van der Waals surface area contributed by atoms with E-state index in [4.69, 9.17) is 25.2 Å². The lowest BCUT2D eigenvalue weighted by Gasteiger charge is -2.31. The molecule has 1 fully saturated rings. The number of aliphatic hydroxyl groups is 2. The van der Waals surface area contributed by atoms with Crippen LogP contribution in [0, 0.1) is 0 Å². The fourth-order valence-corrected chi connectivity index (χ4v) is 5.32. The zero-order valence-corrected chi connectivity index (χ0v) is 16.7. The molecule has 9 N–H and O–H groups in total. The lowest BCUT2D eigenvalue weighted by Crippen LogP contribution is -2.55. The Morgan fingerprint density at radius 3 is 2.28 bits per heavy atom. The van der Waals surface area contributed by atoms with E-state index in [-0.39, 0.29) is 0 Å². The summed E-state index contributed by atoms with van der Waals surface area (Å²) in [6.07, 6.45) is -4.65. The molecule has 0 bridgehead atoms. The van der Waals surface area contributed by atoms with Crippen LogP contribution in [0.5, 0.6) is 0 Å². The third-order valence-corrected chi connectivity index (χ3v) is 7.21. The Morgan fingerprint density at radius 1 is 1.10 bits per heavy atom. The van der Waals surface area contributed by atoms with E-state index in [0.29, 0.717) is 0 Å². The first-order valence-corrected chi connectivity index (χ1v) is 11.9. The van der Waals surface area contributed by atoms with Gasteiger partial charge in [-0.3, -0.25) is 9.42 Å². The van der Waals surface area contributed by atoms with Gasteiger partial charge in [0.25, 0.3) is 0 Å². The summed E-state index contributed by atoms with van der Waals surface area (Å²) < 4.78 is 50.1. The molecule has 20 heteroatoms. The summed E-state index contributed by atoms with van der Waals surface area (Å²) in [5.41, 5.74) is 5.47. The number of phosphoric acid groups is 3. The van der Waals surface area contributed by atoms with E-state index in [1.54, 1.807) is 0 Å². The summed E-state index contributed by atoms with van der Waals surface area (Å²) in [5, 5.41) is 22.3. The van der Waals surface area contributed by atoms with Crippen molar-refractivity contribution in [1.82, 2.24) is 10.2 Å². The molecule has 0 saturated carbocycles. The van der Waals surface area contributed by atoms with E-state index in [1.165, 1.54) is 12.3 Å². The average Bonchev–Trinajstić information content (AvgIpc) is 2.78. The van der Waals surface area contributed by atoms with Gasteiger partial charge in [0.15, 0.2) is 6.23 Å². The number of urea groups is 1. The molecule has 29 heavy (non-hydrogen) atoms. The third-order valence-electron chi connectivity index (χ3n) is 3.41. The van der Waals surface area contributed by atoms with E-state index in [0.717, 1.165) is 4.90 Å². The molecule has 2 aliphatic rings. The van der Waals surface area contributed by atoms with Gasteiger partial charge in [-0.2, -0.15) is 8.62 Å². The van der Waals surface area contributed by atoms with Gasteiger partial charge in [0.05, 0.1) is 12.8 Å². The molecule has 2 rings (SSSR count). The van der Waals surface area contributed by atoms with Gasteiger partial charge < -0.3 is 45.6 Å². The topological polar surface area (TPSA) is 268 Å².